The highest BCUT2D eigenvalue weighted by Gasteiger charge is 2.37. The summed E-state index contributed by atoms with van der Waals surface area (Å²) in [5, 5.41) is 0. The van der Waals surface area contributed by atoms with Gasteiger partial charge >= 0.3 is 0 Å². The van der Waals surface area contributed by atoms with Gasteiger partial charge in [0, 0.05) is 0 Å². The third kappa shape index (κ3) is 1.86. The largest absolute Gasteiger partial charge is 0.0999 e. The third-order valence-corrected chi connectivity index (χ3v) is 2.74. The average molecular weight is 138 g/mol. The van der Waals surface area contributed by atoms with Crippen molar-refractivity contribution in [3.63, 3.8) is 0 Å². The van der Waals surface area contributed by atoms with Crippen molar-refractivity contribution in [2.45, 2.75) is 40.0 Å². The molecule has 0 heterocycles. The van der Waals surface area contributed by atoms with Crippen molar-refractivity contribution in [3.05, 3.63) is 12.2 Å². The molecule has 10 heavy (non-hydrogen) atoms. The zero-order valence-corrected chi connectivity index (χ0v) is 7.41. The Kier molecular flexibility index (Phi) is 1.89. The van der Waals surface area contributed by atoms with Crippen LogP contribution in [0.4, 0.5) is 0 Å². The molecule has 0 aromatic carbocycles. The number of hydrogen-bond acceptors (Lipinski definition) is 0. The number of rotatable bonds is 3. The van der Waals surface area contributed by atoms with Crippen LogP contribution in [0.1, 0.15) is 40.0 Å². The highest BCUT2D eigenvalue weighted by molar-refractivity contribution is 5.00. The Balaban J connectivity index is 2.31. The Labute approximate surface area is 64.3 Å². The Morgan fingerprint density at radius 2 is 2.10 bits per heavy atom. The van der Waals surface area contributed by atoms with Crippen molar-refractivity contribution >= 4 is 0 Å². The SMILES string of the molecule is C=C(C)C(C)CC1(C)CC1. The van der Waals surface area contributed by atoms with Gasteiger partial charge < -0.3 is 0 Å². The van der Waals surface area contributed by atoms with Gasteiger partial charge in [-0.25, -0.2) is 0 Å². The molecule has 0 aliphatic heterocycles. The molecular formula is C10H18. The zero-order valence-electron chi connectivity index (χ0n) is 7.41. The van der Waals surface area contributed by atoms with E-state index >= 15 is 0 Å². The maximum Gasteiger partial charge on any atom is -0.0232 e. The first-order chi connectivity index (χ1) is 4.53. The fourth-order valence-electron chi connectivity index (χ4n) is 1.33. The Morgan fingerprint density at radius 1 is 1.60 bits per heavy atom. The second kappa shape index (κ2) is 2.41. The molecule has 0 radical (unpaired) electrons. The maximum absolute atomic E-state index is 3.97. The molecule has 0 bridgehead atoms. The minimum Gasteiger partial charge on any atom is -0.0999 e. The van der Waals surface area contributed by atoms with Crippen molar-refractivity contribution < 1.29 is 0 Å². The lowest BCUT2D eigenvalue weighted by atomic mass is 9.91. The summed E-state index contributed by atoms with van der Waals surface area (Å²) in [6, 6.07) is 0. The third-order valence-electron chi connectivity index (χ3n) is 2.74. The summed E-state index contributed by atoms with van der Waals surface area (Å²) in [6.45, 7) is 10.8. The molecule has 0 saturated heterocycles. The summed E-state index contributed by atoms with van der Waals surface area (Å²) >= 11 is 0. The van der Waals surface area contributed by atoms with E-state index in [0.717, 1.165) is 5.92 Å². The lowest BCUT2D eigenvalue weighted by Gasteiger charge is -2.15. The predicted molar refractivity (Wildman–Crippen MR) is 45.9 cm³/mol. The van der Waals surface area contributed by atoms with Gasteiger partial charge in [-0.15, -0.1) is 0 Å². The Morgan fingerprint density at radius 3 is 2.40 bits per heavy atom. The van der Waals surface area contributed by atoms with Crippen LogP contribution in [0, 0.1) is 11.3 Å². The smallest absolute Gasteiger partial charge is 0.0232 e. The molecule has 0 aromatic heterocycles. The van der Waals surface area contributed by atoms with Crippen LogP contribution in [0.5, 0.6) is 0 Å². The van der Waals surface area contributed by atoms with Gasteiger partial charge in [-0.1, -0.05) is 26.0 Å². The summed E-state index contributed by atoms with van der Waals surface area (Å²) < 4.78 is 0. The quantitative estimate of drug-likeness (QED) is 0.524. The molecule has 1 fully saturated rings. The molecule has 0 aromatic rings. The van der Waals surface area contributed by atoms with Crippen LogP contribution >= 0.6 is 0 Å². The fourth-order valence-corrected chi connectivity index (χ4v) is 1.33. The van der Waals surface area contributed by atoms with E-state index in [1.165, 1.54) is 24.8 Å². The minimum absolute atomic E-state index is 0.693. The van der Waals surface area contributed by atoms with Crippen LogP contribution < -0.4 is 0 Å². The van der Waals surface area contributed by atoms with E-state index in [1.54, 1.807) is 0 Å². The molecule has 0 heteroatoms. The van der Waals surface area contributed by atoms with Crippen molar-refractivity contribution in [3.8, 4) is 0 Å². The van der Waals surface area contributed by atoms with Gasteiger partial charge in [-0.2, -0.15) is 0 Å². The first-order valence-electron chi connectivity index (χ1n) is 4.19. The molecule has 0 nitrogen and oxygen atoms in total. The topological polar surface area (TPSA) is 0 Å². The molecule has 1 unspecified atom stereocenters. The molecule has 58 valence electrons. The normalized spacial score (nSPS) is 23.9. The van der Waals surface area contributed by atoms with E-state index in [1.807, 2.05) is 0 Å². The summed E-state index contributed by atoms with van der Waals surface area (Å²) in [5.41, 5.74) is 2.03. The van der Waals surface area contributed by atoms with Crippen molar-refractivity contribution in [1.82, 2.24) is 0 Å². The average Bonchev–Trinajstić information content (AvgIpc) is 2.47. The van der Waals surface area contributed by atoms with E-state index in [2.05, 4.69) is 27.4 Å². The van der Waals surface area contributed by atoms with Crippen molar-refractivity contribution in [2.75, 3.05) is 0 Å². The summed E-state index contributed by atoms with van der Waals surface area (Å²) in [7, 11) is 0. The molecule has 0 spiro atoms. The monoisotopic (exact) mass is 138 g/mol. The summed E-state index contributed by atoms with van der Waals surface area (Å²) in [4.78, 5) is 0. The first kappa shape index (κ1) is 7.84. The number of allylic oxidation sites excluding steroid dienone is 1. The van der Waals surface area contributed by atoms with Crippen molar-refractivity contribution in [2.24, 2.45) is 11.3 Å². The van der Waals surface area contributed by atoms with Gasteiger partial charge in [0.2, 0.25) is 0 Å². The number of hydrogen-bond donors (Lipinski definition) is 0. The highest BCUT2D eigenvalue weighted by Crippen LogP contribution is 2.50. The molecule has 1 saturated carbocycles. The van der Waals surface area contributed by atoms with Gasteiger partial charge in [0.25, 0.3) is 0 Å². The van der Waals surface area contributed by atoms with E-state index in [0.29, 0.717) is 5.41 Å². The minimum atomic E-state index is 0.693. The Bertz CT molecular complexity index is 140. The van der Waals surface area contributed by atoms with E-state index < -0.39 is 0 Å². The van der Waals surface area contributed by atoms with Gasteiger partial charge in [0.05, 0.1) is 0 Å². The molecule has 1 atom stereocenters. The lowest BCUT2D eigenvalue weighted by Crippen LogP contribution is -2.03. The molecular weight excluding hydrogens is 120 g/mol. The summed E-state index contributed by atoms with van der Waals surface area (Å²) in [6.07, 6.45) is 4.22. The van der Waals surface area contributed by atoms with Crippen LogP contribution in [-0.2, 0) is 0 Å². The van der Waals surface area contributed by atoms with Crippen molar-refractivity contribution in [1.29, 1.82) is 0 Å². The zero-order chi connectivity index (χ0) is 7.78. The van der Waals surface area contributed by atoms with Crippen LogP contribution in [0.2, 0.25) is 0 Å². The molecule has 0 N–H and O–H groups in total. The van der Waals surface area contributed by atoms with Gasteiger partial charge in [-0.3, -0.25) is 0 Å². The Hall–Kier alpha value is -0.260. The second-order valence-corrected chi connectivity index (χ2v) is 4.26. The van der Waals surface area contributed by atoms with E-state index in [4.69, 9.17) is 0 Å². The molecule has 1 rings (SSSR count). The van der Waals surface area contributed by atoms with Crippen LogP contribution in [0.3, 0.4) is 0 Å². The van der Waals surface area contributed by atoms with Crippen LogP contribution in [0.25, 0.3) is 0 Å². The lowest BCUT2D eigenvalue weighted by molar-refractivity contribution is 0.437. The van der Waals surface area contributed by atoms with E-state index in [-0.39, 0.29) is 0 Å². The fraction of sp³-hybridized carbons (Fsp3) is 0.800. The maximum atomic E-state index is 3.97. The predicted octanol–water partition coefficient (Wildman–Crippen LogP) is 3.39. The second-order valence-electron chi connectivity index (χ2n) is 4.26. The van der Waals surface area contributed by atoms with Crippen LogP contribution in [0.15, 0.2) is 12.2 Å². The standard InChI is InChI=1S/C10H18/c1-8(2)9(3)7-10(4)5-6-10/h9H,1,5-7H2,2-4H3. The van der Waals surface area contributed by atoms with Crippen LogP contribution in [-0.4, -0.2) is 0 Å². The van der Waals surface area contributed by atoms with Gasteiger partial charge in [-0.05, 0) is 37.5 Å². The first-order valence-corrected chi connectivity index (χ1v) is 4.19. The molecule has 1 aliphatic carbocycles. The van der Waals surface area contributed by atoms with E-state index in [9.17, 15) is 0 Å². The summed E-state index contributed by atoms with van der Waals surface area (Å²) in [5.74, 6) is 0.729. The van der Waals surface area contributed by atoms with Gasteiger partial charge in [0.15, 0.2) is 0 Å². The molecule has 0 amide bonds. The molecule has 1 aliphatic rings. The highest BCUT2D eigenvalue weighted by atomic mass is 14.4. The van der Waals surface area contributed by atoms with Gasteiger partial charge in [0.1, 0.15) is 0 Å².